The zero-order chi connectivity index (χ0) is 25.2. The average Bonchev–Trinajstić information content (AvgIpc) is 2.85. The number of aromatic nitrogens is 2. The number of benzene rings is 2. The minimum atomic E-state index is -3.68. The lowest BCUT2D eigenvalue weighted by Crippen LogP contribution is -2.35. The van der Waals surface area contributed by atoms with Gasteiger partial charge < -0.3 is 9.84 Å². The number of ether oxygens (including phenoxy) is 1. The molecule has 2 aromatic carbocycles. The monoisotopic (exact) mass is 518 g/mol. The summed E-state index contributed by atoms with van der Waals surface area (Å²) in [5, 5.41) is 10.9. The lowest BCUT2D eigenvalue weighted by molar-refractivity contribution is 0.346. The molecule has 184 valence electrons. The summed E-state index contributed by atoms with van der Waals surface area (Å²) in [7, 11) is -2.31. The summed E-state index contributed by atoms with van der Waals surface area (Å²) >= 11 is 6.15. The maximum atomic E-state index is 13.0. The van der Waals surface area contributed by atoms with Crippen LogP contribution in [0, 0.1) is 0 Å². The number of nitrogens with one attached hydrogen (secondary N) is 1. The molecule has 0 radical (unpaired) electrons. The minimum Gasteiger partial charge on any atom is -0.494 e. The van der Waals surface area contributed by atoms with Crippen LogP contribution in [-0.2, 0) is 10.0 Å². The third-order valence-electron chi connectivity index (χ3n) is 5.65. The number of H-pyrrole nitrogens is 1. The van der Waals surface area contributed by atoms with E-state index in [4.69, 9.17) is 16.3 Å². The molecule has 10 nitrogen and oxygen atoms in total. The van der Waals surface area contributed by atoms with Crippen molar-refractivity contribution >= 4 is 33.5 Å². The Hall–Kier alpha value is -3.41. The van der Waals surface area contributed by atoms with Gasteiger partial charge in [0, 0.05) is 25.4 Å². The van der Waals surface area contributed by atoms with Crippen LogP contribution in [0.3, 0.4) is 0 Å². The van der Waals surface area contributed by atoms with Crippen molar-refractivity contribution in [3.8, 4) is 17.3 Å². The first-order valence-electron chi connectivity index (χ1n) is 10.8. The molecule has 0 unspecified atom stereocenters. The largest absolute Gasteiger partial charge is 0.494 e. The minimum absolute atomic E-state index is 0.0724. The van der Waals surface area contributed by atoms with Crippen LogP contribution in [0.25, 0.3) is 5.69 Å². The zero-order valence-electron chi connectivity index (χ0n) is 18.8. The van der Waals surface area contributed by atoms with Crippen LogP contribution >= 0.6 is 11.6 Å². The van der Waals surface area contributed by atoms with Crippen molar-refractivity contribution in [2.45, 2.75) is 24.2 Å². The first kappa shape index (κ1) is 24.7. The van der Waals surface area contributed by atoms with E-state index in [1.807, 2.05) is 0 Å². The normalized spacial score (nSPS) is 14.9. The number of methoxy groups -OCH3 is 1. The van der Waals surface area contributed by atoms with Crippen LogP contribution in [0.15, 0.2) is 61.9 Å². The van der Waals surface area contributed by atoms with Crippen molar-refractivity contribution in [2.24, 2.45) is 4.99 Å². The summed E-state index contributed by atoms with van der Waals surface area (Å²) in [4.78, 5) is 31.2. The number of hydrogen-bond acceptors (Lipinski definition) is 7. The highest BCUT2D eigenvalue weighted by atomic mass is 35.5. The fourth-order valence-corrected chi connectivity index (χ4v) is 5.58. The Morgan fingerprint density at radius 2 is 1.83 bits per heavy atom. The molecule has 0 amide bonds. The van der Waals surface area contributed by atoms with Crippen LogP contribution < -0.4 is 16.0 Å². The standard InChI is InChI=1S/C23H23ClN4O6S/c1-34-20-13-15(35(32,33)27-11-5-2-6-12-27)9-10-18(20)25-14-16-21(29)26-23(31)28(22(16)30)19-8-4-3-7-17(19)24/h3-4,7-10,13-14,30H,2,5-6,11-12H2,1H3,(H,26,29,31). The quantitative estimate of drug-likeness (QED) is 0.482. The van der Waals surface area contributed by atoms with Crippen LogP contribution in [-0.4, -0.2) is 53.8 Å². The van der Waals surface area contributed by atoms with E-state index in [1.165, 1.54) is 41.7 Å². The Morgan fingerprint density at radius 1 is 1.11 bits per heavy atom. The van der Waals surface area contributed by atoms with Gasteiger partial charge in [-0.25, -0.2) is 17.8 Å². The van der Waals surface area contributed by atoms with Gasteiger partial charge in [-0.3, -0.25) is 14.8 Å². The van der Waals surface area contributed by atoms with Crippen molar-refractivity contribution in [2.75, 3.05) is 20.2 Å². The smallest absolute Gasteiger partial charge is 0.335 e. The highest BCUT2D eigenvalue weighted by molar-refractivity contribution is 7.89. The van der Waals surface area contributed by atoms with E-state index < -0.39 is 27.2 Å². The molecule has 0 bridgehead atoms. The second-order valence-electron chi connectivity index (χ2n) is 7.84. The van der Waals surface area contributed by atoms with Gasteiger partial charge in [0.2, 0.25) is 15.9 Å². The van der Waals surface area contributed by atoms with E-state index in [9.17, 15) is 23.1 Å². The number of nitrogens with zero attached hydrogens (tertiary/aromatic N) is 3. The molecule has 4 rings (SSSR count). The molecule has 1 aliphatic heterocycles. The molecule has 12 heteroatoms. The summed E-state index contributed by atoms with van der Waals surface area (Å²) in [5.74, 6) is -0.492. The fraction of sp³-hybridized carbons (Fsp3) is 0.261. The molecule has 1 fully saturated rings. The lowest BCUT2D eigenvalue weighted by Gasteiger charge is -2.26. The molecule has 0 saturated carbocycles. The highest BCUT2D eigenvalue weighted by Crippen LogP contribution is 2.32. The predicted molar refractivity (Wildman–Crippen MR) is 132 cm³/mol. The van der Waals surface area contributed by atoms with Crippen molar-refractivity contribution in [3.05, 3.63) is 73.9 Å². The molecule has 0 atom stereocenters. The van der Waals surface area contributed by atoms with Gasteiger partial charge in [0.05, 0.1) is 22.7 Å². The van der Waals surface area contributed by atoms with Gasteiger partial charge in [-0.1, -0.05) is 30.2 Å². The molecule has 35 heavy (non-hydrogen) atoms. The molecule has 2 heterocycles. The maximum absolute atomic E-state index is 13.0. The first-order valence-corrected chi connectivity index (χ1v) is 12.6. The molecule has 0 spiro atoms. The number of aromatic amines is 1. The summed E-state index contributed by atoms with van der Waals surface area (Å²) < 4.78 is 33.6. The van der Waals surface area contributed by atoms with E-state index in [1.54, 1.807) is 12.1 Å². The first-order chi connectivity index (χ1) is 16.7. The number of halogens is 1. The number of aliphatic imine (C=N–C) groups is 1. The zero-order valence-corrected chi connectivity index (χ0v) is 20.3. The SMILES string of the molecule is COc1cc(S(=O)(=O)N2CCCCC2)ccc1N=Cc1c(O)n(-c2ccccc2Cl)c(=O)[nH]c1=O. The Balaban J connectivity index is 1.73. The number of hydrogen-bond donors (Lipinski definition) is 2. The Morgan fingerprint density at radius 3 is 2.51 bits per heavy atom. The molecule has 1 aromatic heterocycles. The van der Waals surface area contributed by atoms with Crippen LogP contribution in [0.4, 0.5) is 5.69 Å². The van der Waals surface area contributed by atoms with Gasteiger partial charge in [0.1, 0.15) is 17.0 Å². The van der Waals surface area contributed by atoms with Gasteiger partial charge in [0.25, 0.3) is 5.56 Å². The predicted octanol–water partition coefficient (Wildman–Crippen LogP) is 2.82. The van der Waals surface area contributed by atoms with Gasteiger partial charge in [0.15, 0.2) is 0 Å². The Bertz CT molecular complexity index is 1510. The van der Waals surface area contributed by atoms with Crippen molar-refractivity contribution in [1.29, 1.82) is 0 Å². The van der Waals surface area contributed by atoms with E-state index >= 15 is 0 Å². The molecule has 2 N–H and O–H groups in total. The molecular formula is C23H23ClN4O6S. The maximum Gasteiger partial charge on any atom is 0.335 e. The average molecular weight is 519 g/mol. The number of aromatic hydroxyl groups is 1. The van der Waals surface area contributed by atoms with Crippen molar-refractivity contribution in [1.82, 2.24) is 13.9 Å². The Labute approximate surface area is 206 Å². The Kier molecular flexibility index (Phi) is 7.10. The van der Waals surface area contributed by atoms with Crippen LogP contribution in [0.5, 0.6) is 11.6 Å². The topological polar surface area (TPSA) is 134 Å². The molecule has 3 aromatic rings. The van der Waals surface area contributed by atoms with Crippen LogP contribution in [0.2, 0.25) is 5.02 Å². The van der Waals surface area contributed by atoms with E-state index in [-0.39, 0.29) is 32.6 Å². The second kappa shape index (κ2) is 10.1. The molecule has 0 aliphatic carbocycles. The second-order valence-corrected chi connectivity index (χ2v) is 10.2. The summed E-state index contributed by atoms with van der Waals surface area (Å²) in [6.07, 6.45) is 3.69. The summed E-state index contributed by atoms with van der Waals surface area (Å²) in [6, 6.07) is 10.5. The molecule has 1 aliphatic rings. The van der Waals surface area contributed by atoms with Gasteiger partial charge in [-0.05, 0) is 37.1 Å². The third-order valence-corrected chi connectivity index (χ3v) is 7.87. The highest BCUT2D eigenvalue weighted by Gasteiger charge is 2.26. The van der Waals surface area contributed by atoms with Gasteiger partial charge in [-0.15, -0.1) is 0 Å². The van der Waals surface area contributed by atoms with Crippen molar-refractivity contribution < 1.29 is 18.3 Å². The van der Waals surface area contributed by atoms with E-state index in [0.717, 1.165) is 30.0 Å². The summed E-state index contributed by atoms with van der Waals surface area (Å²) in [5.41, 5.74) is -1.63. The molecule has 1 saturated heterocycles. The van der Waals surface area contributed by atoms with E-state index in [0.29, 0.717) is 13.1 Å². The number of para-hydroxylation sites is 1. The van der Waals surface area contributed by atoms with Gasteiger partial charge >= 0.3 is 5.69 Å². The van der Waals surface area contributed by atoms with Crippen LogP contribution in [0.1, 0.15) is 24.8 Å². The van der Waals surface area contributed by atoms with Crippen molar-refractivity contribution in [3.63, 3.8) is 0 Å². The van der Waals surface area contributed by atoms with Gasteiger partial charge in [-0.2, -0.15) is 4.31 Å². The fourth-order valence-electron chi connectivity index (χ4n) is 3.82. The number of sulfonamides is 1. The molecular weight excluding hydrogens is 496 g/mol. The number of piperidine rings is 1. The number of rotatable bonds is 6. The summed E-state index contributed by atoms with van der Waals surface area (Å²) in [6.45, 7) is 0.932. The lowest BCUT2D eigenvalue weighted by atomic mass is 10.2. The third kappa shape index (κ3) is 4.88. The van der Waals surface area contributed by atoms with E-state index in [2.05, 4.69) is 9.98 Å².